The Bertz CT molecular complexity index is 1930. The number of aryl methyl sites for hydroxylation is 1. The van der Waals surface area contributed by atoms with Gasteiger partial charge < -0.3 is 5.11 Å². The maximum absolute atomic E-state index is 11.7. The number of carbonyl (C=O) groups is 1. The molecule has 1 radical (unpaired) electrons. The summed E-state index contributed by atoms with van der Waals surface area (Å²) < 4.78 is 3.15. The van der Waals surface area contributed by atoms with Gasteiger partial charge in [-0.1, -0.05) is 151 Å². The van der Waals surface area contributed by atoms with Gasteiger partial charge in [0.05, 0.1) is 5.76 Å². The van der Waals surface area contributed by atoms with Crippen LogP contribution >= 0.6 is 11.3 Å². The third-order valence-electron chi connectivity index (χ3n) is 12.3. The number of hydrogen-bond donors (Lipinski definition) is 1. The van der Waals surface area contributed by atoms with Crippen LogP contribution < -0.4 is 4.50 Å². The maximum atomic E-state index is 11.7. The molecule has 1 aliphatic carbocycles. The van der Waals surface area contributed by atoms with E-state index < -0.39 is 8.07 Å². The minimum Gasteiger partial charge on any atom is -0.512 e. The Hall–Kier alpha value is -2.11. The second-order valence-electron chi connectivity index (χ2n) is 20.4. The third kappa shape index (κ3) is 12.2. The number of pyridine rings is 1. The number of rotatable bonds is 12. The van der Waals surface area contributed by atoms with E-state index in [-0.39, 0.29) is 48.9 Å². The van der Waals surface area contributed by atoms with Gasteiger partial charge in [0, 0.05) is 54.6 Å². The summed E-state index contributed by atoms with van der Waals surface area (Å²) in [5.41, 5.74) is 6.73. The number of aromatic nitrogens is 1. The van der Waals surface area contributed by atoms with Crippen LogP contribution in [0, 0.1) is 35.7 Å². The van der Waals surface area contributed by atoms with Crippen molar-refractivity contribution in [2.45, 2.75) is 178 Å². The van der Waals surface area contributed by atoms with Crippen LogP contribution in [0.4, 0.5) is 0 Å². The standard InChI is InChI=1S/C38H52NSSi.C13H24O2.Ir/c1-26-30-20-21-39-33(28-22-27-16-14-15-19-31(27)32(23-28)38(8,9)10)34(30)40-35(26)41(24-36(2,3)4,25-37(5,6)7)29-17-12-11-13-18-29;1-5-10(6-2)12(14)9-13(15)11(7-3)8-4;/h14-16,19-21,23,29H,11-13,17-18,24-25H2,1-10H3;9-11,14H,5-8H2,1-4H3;/q-1;;/b;12-9-;. The van der Waals surface area contributed by atoms with E-state index in [1.54, 1.807) is 10.1 Å². The smallest absolute Gasteiger partial charge is 0.162 e. The number of hydrogen-bond acceptors (Lipinski definition) is 4. The topological polar surface area (TPSA) is 50.2 Å². The van der Waals surface area contributed by atoms with Gasteiger partial charge in [0.15, 0.2) is 5.78 Å². The van der Waals surface area contributed by atoms with Gasteiger partial charge in [-0.15, -0.1) is 29.1 Å². The van der Waals surface area contributed by atoms with Crippen LogP contribution in [0.1, 0.15) is 159 Å². The van der Waals surface area contributed by atoms with E-state index in [4.69, 9.17) is 4.98 Å². The first-order chi connectivity index (χ1) is 26.2. The first-order valence-electron chi connectivity index (χ1n) is 22.0. The van der Waals surface area contributed by atoms with Crippen molar-refractivity contribution in [3.05, 3.63) is 71.6 Å². The molecule has 0 bridgehead atoms. The molecule has 3 nitrogen and oxygen atoms in total. The number of fused-ring (bicyclic) bond motifs is 2. The molecule has 1 fully saturated rings. The van der Waals surface area contributed by atoms with Gasteiger partial charge in [0.2, 0.25) is 0 Å². The van der Waals surface area contributed by atoms with Crippen molar-refractivity contribution < 1.29 is 30.0 Å². The zero-order chi connectivity index (χ0) is 41.6. The second-order valence-corrected chi connectivity index (χ2v) is 26.2. The van der Waals surface area contributed by atoms with Crippen molar-refractivity contribution in [2.24, 2.45) is 22.7 Å². The van der Waals surface area contributed by atoms with Crippen molar-refractivity contribution in [1.29, 1.82) is 0 Å². The minimum atomic E-state index is -1.90. The second kappa shape index (κ2) is 20.4. The van der Waals surface area contributed by atoms with Crippen LogP contribution in [0.15, 0.2) is 54.4 Å². The van der Waals surface area contributed by atoms with E-state index in [0.29, 0.717) is 10.8 Å². The van der Waals surface area contributed by atoms with Crippen LogP contribution in [0.3, 0.4) is 0 Å². The number of allylic oxidation sites excluding steroid dienone is 2. The molecule has 0 saturated heterocycles. The number of nitrogens with zero attached hydrogens (tertiary/aromatic N) is 1. The predicted octanol–water partition coefficient (Wildman–Crippen LogP) is 15.5. The summed E-state index contributed by atoms with van der Waals surface area (Å²) in [4.78, 5) is 16.8. The molecular formula is C51H76IrNO2SSi-. The summed E-state index contributed by atoms with van der Waals surface area (Å²) in [6.45, 7) is 32.4. The Morgan fingerprint density at radius 1 is 0.860 bits per heavy atom. The summed E-state index contributed by atoms with van der Waals surface area (Å²) >= 11 is 2.13. The Balaban J connectivity index is 0.000000464. The van der Waals surface area contributed by atoms with Crippen molar-refractivity contribution in [3.8, 4) is 11.3 Å². The third-order valence-corrected chi connectivity index (χ3v) is 21.8. The summed E-state index contributed by atoms with van der Waals surface area (Å²) in [5, 5.41) is 13.7. The number of aliphatic hydroxyl groups excluding tert-OH is 1. The number of benzene rings is 2. The summed E-state index contributed by atoms with van der Waals surface area (Å²) in [5.74, 6) is 0.547. The SMILES string of the molecule is CCC(CC)C(=O)/C=C(\O)C(CC)CC.Cc1c([Si](CC(C)(C)C)(CC(C)(C)C)C2CCCCC2)sc2c(-c3[c-]c4ccccc4c(C(C)(C)C)c3)nccc12.[Ir]. The summed E-state index contributed by atoms with van der Waals surface area (Å²) in [6.07, 6.45) is 14.0. The largest absolute Gasteiger partial charge is 0.512 e. The zero-order valence-electron chi connectivity index (χ0n) is 38.2. The molecule has 2 aromatic carbocycles. The molecule has 0 amide bonds. The van der Waals surface area contributed by atoms with Crippen molar-refractivity contribution in [1.82, 2.24) is 4.98 Å². The number of thiophene rings is 1. The molecule has 57 heavy (non-hydrogen) atoms. The molecule has 6 heteroatoms. The molecule has 0 atom stereocenters. The molecule has 5 rings (SSSR count). The van der Waals surface area contributed by atoms with Crippen LogP contribution in [-0.2, 0) is 30.3 Å². The van der Waals surface area contributed by atoms with E-state index in [1.165, 1.54) is 76.7 Å². The van der Waals surface area contributed by atoms with Crippen molar-refractivity contribution in [3.63, 3.8) is 0 Å². The molecule has 1 saturated carbocycles. The van der Waals surface area contributed by atoms with Gasteiger partial charge in [-0.25, -0.2) is 0 Å². The van der Waals surface area contributed by atoms with Crippen LogP contribution in [0.25, 0.3) is 32.1 Å². The first-order valence-corrected chi connectivity index (χ1v) is 25.3. The molecule has 317 valence electrons. The monoisotopic (exact) mass is 988 g/mol. The van der Waals surface area contributed by atoms with E-state index in [9.17, 15) is 9.90 Å². The van der Waals surface area contributed by atoms with Gasteiger partial charge in [-0.3, -0.25) is 9.78 Å². The maximum Gasteiger partial charge on any atom is 0.162 e. The first kappa shape index (κ1) is 49.2. The minimum absolute atomic E-state index is 0. The molecule has 0 spiro atoms. The van der Waals surface area contributed by atoms with Crippen molar-refractivity contribution >= 4 is 50.6 Å². The average molecular weight is 988 g/mol. The molecule has 2 heterocycles. The Labute approximate surface area is 366 Å². The van der Waals surface area contributed by atoms with Gasteiger partial charge in [-0.05, 0) is 88.0 Å². The molecule has 2 aromatic heterocycles. The molecule has 1 N–H and O–H groups in total. The Morgan fingerprint density at radius 3 is 1.95 bits per heavy atom. The average Bonchev–Trinajstić information content (AvgIpc) is 3.47. The van der Waals surface area contributed by atoms with E-state index in [0.717, 1.165) is 42.5 Å². The fourth-order valence-corrected chi connectivity index (χ4v) is 20.5. The summed E-state index contributed by atoms with van der Waals surface area (Å²) in [7, 11) is -1.90. The predicted molar refractivity (Wildman–Crippen MR) is 249 cm³/mol. The fraction of sp³-hybridized carbons (Fsp3) is 0.608. The Kier molecular flexibility index (Phi) is 17.7. The quantitative estimate of drug-likeness (QED) is 0.0666. The molecule has 0 unspecified atom stereocenters. The summed E-state index contributed by atoms with van der Waals surface area (Å²) in [6, 6.07) is 20.0. The van der Waals surface area contributed by atoms with Crippen LogP contribution in [0.2, 0.25) is 17.6 Å². The normalized spacial score (nSPS) is 14.9. The molecule has 1 aliphatic rings. The van der Waals surface area contributed by atoms with Gasteiger partial charge in [0.25, 0.3) is 0 Å². The fourth-order valence-electron chi connectivity index (χ4n) is 9.82. The Morgan fingerprint density at radius 2 is 1.42 bits per heavy atom. The van der Waals surface area contributed by atoms with Gasteiger partial charge >= 0.3 is 0 Å². The molecule has 4 aromatic rings. The van der Waals surface area contributed by atoms with Gasteiger partial charge in [0.1, 0.15) is 8.07 Å². The molecule has 0 aliphatic heterocycles. The molecular weight excluding hydrogens is 911 g/mol. The van der Waals surface area contributed by atoms with E-state index in [2.05, 4.69) is 129 Å². The number of aliphatic hydroxyl groups is 1. The van der Waals surface area contributed by atoms with Crippen molar-refractivity contribution in [2.75, 3.05) is 0 Å². The number of ketones is 1. The van der Waals surface area contributed by atoms with E-state index >= 15 is 0 Å². The number of carbonyl (C=O) groups excluding carboxylic acids is 1. The van der Waals surface area contributed by atoms with Gasteiger partial charge in [-0.2, -0.15) is 11.3 Å². The van der Waals surface area contributed by atoms with E-state index in [1.807, 2.05) is 27.7 Å². The zero-order valence-corrected chi connectivity index (χ0v) is 42.4. The van der Waals surface area contributed by atoms with Crippen LogP contribution in [0.5, 0.6) is 0 Å². The van der Waals surface area contributed by atoms with Crippen LogP contribution in [-0.4, -0.2) is 23.9 Å².